The summed E-state index contributed by atoms with van der Waals surface area (Å²) in [5.74, 6) is -1.05. The van der Waals surface area contributed by atoms with E-state index < -0.39 is 44.0 Å². The van der Waals surface area contributed by atoms with Crippen LogP contribution < -0.4 is 5.73 Å². The SMILES string of the molecule is CCS(=O)(=O)c1cc(-c2cccc(C(F)(F)F)c2)cnc1C(N)=Nc1ccc(C(F)(F)F)cn1. The van der Waals surface area contributed by atoms with Gasteiger partial charge in [0.05, 0.1) is 21.8 Å². The Morgan fingerprint density at radius 3 is 2.15 bits per heavy atom. The molecule has 0 unspecified atom stereocenters. The average Bonchev–Trinajstić information content (AvgIpc) is 2.78. The van der Waals surface area contributed by atoms with Gasteiger partial charge in [-0.2, -0.15) is 26.3 Å². The number of benzene rings is 1. The van der Waals surface area contributed by atoms with Crippen molar-refractivity contribution in [1.82, 2.24) is 9.97 Å². The standard InChI is InChI=1S/C21H16F6N4O2S/c1-2-34(32,33)16-9-13(12-4-3-5-14(8-12)20(22,23)24)10-30-18(16)19(28)31-17-7-6-15(11-29-17)21(25,26)27/h3-11H,2H2,1H3,(H2,28,29,31). The van der Waals surface area contributed by atoms with Crippen molar-refractivity contribution < 1.29 is 34.8 Å². The van der Waals surface area contributed by atoms with Gasteiger partial charge in [0.15, 0.2) is 21.5 Å². The minimum atomic E-state index is -4.61. The zero-order valence-electron chi connectivity index (χ0n) is 17.3. The Morgan fingerprint density at radius 1 is 0.912 bits per heavy atom. The number of nitrogens with two attached hydrogens (primary N) is 1. The van der Waals surface area contributed by atoms with Crippen LogP contribution in [-0.2, 0) is 22.2 Å². The highest BCUT2D eigenvalue weighted by Gasteiger charge is 2.31. The van der Waals surface area contributed by atoms with Gasteiger partial charge in [-0.3, -0.25) is 4.98 Å². The van der Waals surface area contributed by atoms with Crippen molar-refractivity contribution in [3.05, 3.63) is 71.7 Å². The molecule has 0 saturated carbocycles. The minimum Gasteiger partial charge on any atom is -0.382 e. The van der Waals surface area contributed by atoms with Crippen molar-refractivity contribution in [3.63, 3.8) is 0 Å². The quantitative estimate of drug-likeness (QED) is 0.300. The maximum atomic E-state index is 13.1. The third-order valence-corrected chi connectivity index (χ3v) is 6.39. The molecule has 0 aliphatic rings. The maximum absolute atomic E-state index is 13.1. The molecular formula is C21H16F6N4O2S. The van der Waals surface area contributed by atoms with Gasteiger partial charge in [0.2, 0.25) is 0 Å². The summed E-state index contributed by atoms with van der Waals surface area (Å²) in [5.41, 5.74) is 3.80. The molecule has 3 rings (SSSR count). The molecule has 0 spiro atoms. The lowest BCUT2D eigenvalue weighted by Gasteiger charge is -2.12. The molecule has 2 aromatic heterocycles. The molecule has 6 nitrogen and oxygen atoms in total. The summed E-state index contributed by atoms with van der Waals surface area (Å²) in [6.45, 7) is 1.35. The van der Waals surface area contributed by atoms with Crippen LogP contribution in [-0.4, -0.2) is 30.0 Å². The lowest BCUT2D eigenvalue weighted by atomic mass is 10.0. The van der Waals surface area contributed by atoms with E-state index in [9.17, 15) is 34.8 Å². The maximum Gasteiger partial charge on any atom is 0.417 e. The molecule has 0 fully saturated rings. The highest BCUT2D eigenvalue weighted by Crippen LogP contribution is 2.33. The number of hydrogen-bond acceptors (Lipinski definition) is 5. The molecule has 180 valence electrons. The van der Waals surface area contributed by atoms with E-state index in [4.69, 9.17) is 5.73 Å². The summed E-state index contributed by atoms with van der Waals surface area (Å²) in [5, 5.41) is 0. The van der Waals surface area contributed by atoms with Crippen molar-refractivity contribution in [2.75, 3.05) is 5.75 Å². The first-order valence-corrected chi connectivity index (χ1v) is 11.2. The minimum absolute atomic E-state index is 0.0707. The Bertz CT molecular complexity index is 1330. The van der Waals surface area contributed by atoms with E-state index in [-0.39, 0.29) is 28.4 Å². The fourth-order valence-electron chi connectivity index (χ4n) is 2.86. The van der Waals surface area contributed by atoms with Gasteiger partial charge >= 0.3 is 12.4 Å². The monoisotopic (exact) mass is 502 g/mol. The summed E-state index contributed by atoms with van der Waals surface area (Å²) >= 11 is 0. The first kappa shape index (κ1) is 25.1. The number of aliphatic imine (C=N–C) groups is 1. The van der Waals surface area contributed by atoms with E-state index in [2.05, 4.69) is 15.0 Å². The average molecular weight is 502 g/mol. The molecule has 0 saturated heterocycles. The van der Waals surface area contributed by atoms with Crippen LogP contribution in [0.2, 0.25) is 0 Å². The van der Waals surface area contributed by atoms with E-state index >= 15 is 0 Å². The highest BCUT2D eigenvalue weighted by atomic mass is 32.2. The van der Waals surface area contributed by atoms with Crippen molar-refractivity contribution in [2.24, 2.45) is 10.7 Å². The smallest absolute Gasteiger partial charge is 0.382 e. The number of amidine groups is 1. The Labute approximate surface area is 190 Å². The lowest BCUT2D eigenvalue weighted by molar-refractivity contribution is -0.138. The van der Waals surface area contributed by atoms with Gasteiger partial charge in [-0.15, -0.1) is 0 Å². The Hall–Kier alpha value is -3.48. The van der Waals surface area contributed by atoms with Gasteiger partial charge in [0.25, 0.3) is 0 Å². The van der Waals surface area contributed by atoms with Crippen molar-refractivity contribution in [1.29, 1.82) is 0 Å². The largest absolute Gasteiger partial charge is 0.417 e. The Balaban J connectivity index is 2.09. The summed E-state index contributed by atoms with van der Waals surface area (Å²) in [6, 6.07) is 7.05. The zero-order valence-corrected chi connectivity index (χ0v) is 18.1. The molecule has 2 heterocycles. The van der Waals surface area contributed by atoms with E-state index in [1.54, 1.807) is 0 Å². The fraction of sp³-hybridized carbons (Fsp3) is 0.190. The predicted octanol–water partition coefficient (Wildman–Crippen LogP) is 5.01. The van der Waals surface area contributed by atoms with Crippen LogP contribution in [0.4, 0.5) is 32.2 Å². The van der Waals surface area contributed by atoms with E-state index in [1.807, 2.05) is 0 Å². The number of halogens is 6. The molecule has 34 heavy (non-hydrogen) atoms. The van der Waals surface area contributed by atoms with Crippen LogP contribution in [0.15, 0.2) is 64.7 Å². The number of hydrogen-bond donors (Lipinski definition) is 1. The molecule has 0 atom stereocenters. The van der Waals surface area contributed by atoms with Crippen LogP contribution >= 0.6 is 0 Å². The van der Waals surface area contributed by atoms with Gasteiger partial charge in [-0.25, -0.2) is 18.4 Å². The summed E-state index contributed by atoms with van der Waals surface area (Å²) in [4.78, 5) is 11.0. The summed E-state index contributed by atoms with van der Waals surface area (Å²) in [6.07, 6.45) is -7.54. The van der Waals surface area contributed by atoms with Crippen LogP contribution in [0.3, 0.4) is 0 Å². The Kier molecular flexibility index (Phi) is 6.69. The van der Waals surface area contributed by atoms with Crippen molar-refractivity contribution >= 4 is 21.5 Å². The third kappa shape index (κ3) is 5.53. The number of nitrogens with zero attached hydrogens (tertiary/aromatic N) is 3. The Morgan fingerprint density at radius 2 is 1.59 bits per heavy atom. The second kappa shape index (κ2) is 9.05. The van der Waals surface area contributed by atoms with Gasteiger partial charge in [0, 0.05) is 18.0 Å². The van der Waals surface area contributed by atoms with E-state index in [1.165, 1.54) is 19.1 Å². The third-order valence-electron chi connectivity index (χ3n) is 4.64. The molecule has 0 bridgehead atoms. The topological polar surface area (TPSA) is 98.3 Å². The number of alkyl halides is 6. The molecule has 0 aliphatic heterocycles. The number of aromatic nitrogens is 2. The second-order valence-corrected chi connectivity index (χ2v) is 9.20. The predicted molar refractivity (Wildman–Crippen MR) is 112 cm³/mol. The van der Waals surface area contributed by atoms with Crippen LogP contribution in [0.25, 0.3) is 11.1 Å². The highest BCUT2D eigenvalue weighted by molar-refractivity contribution is 7.91. The van der Waals surface area contributed by atoms with Gasteiger partial charge < -0.3 is 5.73 Å². The number of pyridine rings is 2. The van der Waals surface area contributed by atoms with E-state index in [0.29, 0.717) is 6.20 Å². The summed E-state index contributed by atoms with van der Waals surface area (Å²) < 4.78 is 103. The van der Waals surface area contributed by atoms with Crippen molar-refractivity contribution in [2.45, 2.75) is 24.2 Å². The molecule has 3 aromatic rings. The van der Waals surface area contributed by atoms with Gasteiger partial charge in [-0.1, -0.05) is 19.1 Å². The normalized spacial score (nSPS) is 13.2. The molecule has 1 aromatic carbocycles. The first-order valence-electron chi connectivity index (χ1n) is 9.50. The molecular weight excluding hydrogens is 486 g/mol. The van der Waals surface area contributed by atoms with Gasteiger partial charge in [0.1, 0.15) is 5.69 Å². The molecule has 13 heteroatoms. The first-order chi connectivity index (χ1) is 15.7. The fourth-order valence-corrected chi connectivity index (χ4v) is 3.93. The van der Waals surface area contributed by atoms with Crippen molar-refractivity contribution in [3.8, 4) is 11.1 Å². The number of rotatable bonds is 5. The zero-order chi connectivity index (χ0) is 25.3. The molecule has 0 aliphatic carbocycles. The van der Waals surface area contributed by atoms with Crippen LogP contribution in [0.1, 0.15) is 23.7 Å². The number of sulfone groups is 1. The molecule has 0 amide bonds. The van der Waals surface area contributed by atoms with Crippen LogP contribution in [0.5, 0.6) is 0 Å². The lowest BCUT2D eigenvalue weighted by Crippen LogP contribution is -2.20. The van der Waals surface area contributed by atoms with E-state index in [0.717, 1.165) is 36.5 Å². The van der Waals surface area contributed by atoms with Gasteiger partial charge in [-0.05, 0) is 35.9 Å². The second-order valence-electron chi connectivity index (χ2n) is 6.95. The molecule has 0 radical (unpaired) electrons. The van der Waals surface area contributed by atoms with Crippen LogP contribution in [0, 0.1) is 0 Å². The summed E-state index contributed by atoms with van der Waals surface area (Å²) in [7, 11) is -3.98. The molecule has 2 N–H and O–H groups in total.